The van der Waals surface area contributed by atoms with Crippen molar-refractivity contribution >= 4 is 17.9 Å². The van der Waals surface area contributed by atoms with Crippen molar-refractivity contribution in [3.8, 4) is 5.69 Å². The molecule has 108 valence electrons. The molecule has 1 heterocycles. The molecule has 0 fully saturated rings. The number of aromatic carboxylic acids is 3. The summed E-state index contributed by atoms with van der Waals surface area (Å²) in [5.41, 5.74) is 0.344. The second-order valence-electron chi connectivity index (χ2n) is 4.37. The molecular weight excluding hydrogens is 278 g/mol. The molecule has 0 amide bonds. The molecule has 3 N–H and O–H groups in total. The van der Waals surface area contributed by atoms with E-state index in [2.05, 4.69) is 0 Å². The average Bonchev–Trinajstić information content (AvgIpc) is 2.80. The lowest BCUT2D eigenvalue weighted by atomic mass is 10.1. The summed E-state index contributed by atoms with van der Waals surface area (Å²) in [5, 5.41) is 27.1. The summed E-state index contributed by atoms with van der Waals surface area (Å²) in [6, 6.07) is 4.98. The second-order valence-corrected chi connectivity index (χ2v) is 4.37. The molecule has 0 unspecified atom stereocenters. The Kier molecular flexibility index (Phi) is 3.49. The molecule has 1 aromatic heterocycles. The zero-order chi connectivity index (χ0) is 15.7. The molecular formula is C14H11NO6. The van der Waals surface area contributed by atoms with Gasteiger partial charge in [0, 0.05) is 17.6 Å². The van der Waals surface area contributed by atoms with Gasteiger partial charge in [-0.05, 0) is 31.2 Å². The van der Waals surface area contributed by atoms with Crippen LogP contribution >= 0.6 is 0 Å². The van der Waals surface area contributed by atoms with E-state index in [1.165, 1.54) is 29.0 Å². The normalized spacial score (nSPS) is 10.3. The summed E-state index contributed by atoms with van der Waals surface area (Å²) >= 11 is 0. The number of carboxylic acid groups (broad SMARTS) is 3. The van der Waals surface area contributed by atoms with Crippen LogP contribution < -0.4 is 0 Å². The number of rotatable bonds is 4. The van der Waals surface area contributed by atoms with Crippen LogP contribution in [0.3, 0.4) is 0 Å². The smallest absolute Gasteiger partial charge is 0.337 e. The van der Waals surface area contributed by atoms with Gasteiger partial charge in [0.25, 0.3) is 0 Å². The first-order chi connectivity index (χ1) is 9.81. The van der Waals surface area contributed by atoms with Crippen molar-refractivity contribution < 1.29 is 29.7 Å². The molecule has 0 aliphatic heterocycles. The quantitative estimate of drug-likeness (QED) is 0.791. The molecule has 2 aromatic rings. The van der Waals surface area contributed by atoms with Gasteiger partial charge in [0.15, 0.2) is 0 Å². The highest BCUT2D eigenvalue weighted by atomic mass is 16.4. The summed E-state index contributed by atoms with van der Waals surface area (Å²) in [7, 11) is 0. The number of nitrogens with zero attached hydrogens (tertiary/aromatic N) is 1. The minimum atomic E-state index is -1.26. The molecule has 7 heteroatoms. The molecule has 0 bridgehead atoms. The lowest BCUT2D eigenvalue weighted by molar-refractivity contribution is 0.0681. The minimum absolute atomic E-state index is 0.0626. The van der Waals surface area contributed by atoms with Crippen LogP contribution in [0.25, 0.3) is 5.69 Å². The number of carboxylic acids is 3. The van der Waals surface area contributed by atoms with E-state index in [1.807, 2.05) is 0 Å². The fourth-order valence-electron chi connectivity index (χ4n) is 2.01. The largest absolute Gasteiger partial charge is 0.478 e. The lowest BCUT2D eigenvalue weighted by Crippen LogP contribution is -2.07. The molecule has 1 aromatic carbocycles. The summed E-state index contributed by atoms with van der Waals surface area (Å²) in [6.45, 7) is 1.55. The molecule has 7 nitrogen and oxygen atoms in total. The number of carbonyl (C=O) groups is 3. The third kappa shape index (κ3) is 2.62. The fraction of sp³-hybridized carbons (Fsp3) is 0.0714. The van der Waals surface area contributed by atoms with Crippen LogP contribution in [0, 0.1) is 6.92 Å². The summed E-state index contributed by atoms with van der Waals surface area (Å²) in [5.74, 6) is -3.63. The first-order valence-corrected chi connectivity index (χ1v) is 5.84. The average molecular weight is 289 g/mol. The lowest BCUT2D eigenvalue weighted by Gasteiger charge is -2.09. The Labute approximate surface area is 118 Å². The van der Waals surface area contributed by atoms with E-state index in [4.69, 9.17) is 15.3 Å². The molecule has 0 saturated heterocycles. The van der Waals surface area contributed by atoms with E-state index in [0.29, 0.717) is 5.69 Å². The number of hydrogen-bond acceptors (Lipinski definition) is 3. The Hall–Kier alpha value is -3.09. The topological polar surface area (TPSA) is 117 Å². The molecule has 0 saturated carbocycles. The van der Waals surface area contributed by atoms with Crippen LogP contribution in [0.1, 0.15) is 36.8 Å². The summed E-state index contributed by atoms with van der Waals surface area (Å²) in [6.07, 6.45) is 1.45. The Morgan fingerprint density at radius 1 is 0.905 bits per heavy atom. The molecule has 0 radical (unpaired) electrons. The third-order valence-electron chi connectivity index (χ3n) is 3.06. The zero-order valence-electron chi connectivity index (χ0n) is 10.9. The van der Waals surface area contributed by atoms with Crippen LogP contribution in [-0.2, 0) is 0 Å². The maximum Gasteiger partial charge on any atom is 0.337 e. The van der Waals surface area contributed by atoms with Crippen molar-refractivity contribution in [3.05, 3.63) is 52.8 Å². The van der Waals surface area contributed by atoms with Crippen molar-refractivity contribution in [2.45, 2.75) is 6.92 Å². The highest BCUT2D eigenvalue weighted by molar-refractivity contribution is 5.95. The predicted octanol–water partition coefficient (Wildman–Crippen LogP) is 1.88. The Morgan fingerprint density at radius 3 is 1.81 bits per heavy atom. The Morgan fingerprint density at radius 2 is 1.43 bits per heavy atom. The van der Waals surface area contributed by atoms with E-state index in [9.17, 15) is 14.4 Å². The fourth-order valence-corrected chi connectivity index (χ4v) is 2.01. The summed E-state index contributed by atoms with van der Waals surface area (Å²) < 4.78 is 1.43. The van der Waals surface area contributed by atoms with Crippen LogP contribution in [-0.4, -0.2) is 37.8 Å². The molecule has 0 aliphatic rings. The molecule has 2 rings (SSSR count). The van der Waals surface area contributed by atoms with Gasteiger partial charge in [-0.3, -0.25) is 0 Å². The van der Waals surface area contributed by atoms with Crippen molar-refractivity contribution in [2.24, 2.45) is 0 Å². The third-order valence-corrected chi connectivity index (χ3v) is 3.06. The Bertz CT molecular complexity index is 727. The van der Waals surface area contributed by atoms with E-state index < -0.39 is 17.9 Å². The maximum absolute atomic E-state index is 11.1. The highest BCUT2D eigenvalue weighted by Gasteiger charge is 2.16. The van der Waals surface area contributed by atoms with Crippen molar-refractivity contribution in [3.63, 3.8) is 0 Å². The highest BCUT2D eigenvalue weighted by Crippen LogP contribution is 2.20. The van der Waals surface area contributed by atoms with Gasteiger partial charge in [-0.1, -0.05) is 0 Å². The first kappa shape index (κ1) is 14.3. The van der Waals surface area contributed by atoms with Crippen LogP contribution in [0.4, 0.5) is 0 Å². The summed E-state index contributed by atoms with van der Waals surface area (Å²) in [4.78, 5) is 33.1. The number of benzene rings is 1. The van der Waals surface area contributed by atoms with Crippen LogP contribution in [0.5, 0.6) is 0 Å². The molecule has 0 aliphatic carbocycles. The number of aromatic nitrogens is 1. The zero-order valence-corrected chi connectivity index (χ0v) is 10.9. The maximum atomic E-state index is 11.1. The SMILES string of the molecule is Cc1c(C(=O)O)ccn1-c1cc(C(=O)O)cc(C(=O)O)c1. The molecule has 21 heavy (non-hydrogen) atoms. The minimum Gasteiger partial charge on any atom is -0.478 e. The van der Waals surface area contributed by atoms with Gasteiger partial charge in [-0.2, -0.15) is 0 Å². The van der Waals surface area contributed by atoms with Crippen molar-refractivity contribution in [1.29, 1.82) is 0 Å². The standard InChI is InChI=1S/C14H11NO6/c1-7-11(14(20)21)2-3-15(7)10-5-8(12(16)17)4-9(6-10)13(18)19/h2-6H,1H3,(H,16,17)(H,18,19)(H,20,21). The van der Waals surface area contributed by atoms with E-state index in [-0.39, 0.29) is 22.4 Å². The monoisotopic (exact) mass is 289 g/mol. The predicted molar refractivity (Wildman–Crippen MR) is 71.4 cm³/mol. The van der Waals surface area contributed by atoms with Gasteiger partial charge in [0.1, 0.15) is 0 Å². The van der Waals surface area contributed by atoms with Gasteiger partial charge in [0.05, 0.1) is 16.7 Å². The van der Waals surface area contributed by atoms with Crippen LogP contribution in [0.2, 0.25) is 0 Å². The van der Waals surface area contributed by atoms with E-state index in [1.54, 1.807) is 6.92 Å². The Balaban J connectivity index is 2.66. The second kappa shape index (κ2) is 5.12. The van der Waals surface area contributed by atoms with Gasteiger partial charge in [-0.25, -0.2) is 14.4 Å². The molecule has 0 spiro atoms. The number of hydrogen-bond donors (Lipinski definition) is 3. The van der Waals surface area contributed by atoms with Gasteiger partial charge >= 0.3 is 17.9 Å². The van der Waals surface area contributed by atoms with Crippen molar-refractivity contribution in [1.82, 2.24) is 4.57 Å². The van der Waals surface area contributed by atoms with E-state index in [0.717, 1.165) is 6.07 Å². The van der Waals surface area contributed by atoms with Crippen LogP contribution in [0.15, 0.2) is 30.5 Å². The first-order valence-electron chi connectivity index (χ1n) is 5.84. The van der Waals surface area contributed by atoms with Gasteiger partial charge < -0.3 is 19.9 Å². The van der Waals surface area contributed by atoms with Gasteiger partial charge in [-0.15, -0.1) is 0 Å². The van der Waals surface area contributed by atoms with E-state index >= 15 is 0 Å². The molecule has 0 atom stereocenters. The van der Waals surface area contributed by atoms with Gasteiger partial charge in [0.2, 0.25) is 0 Å². The van der Waals surface area contributed by atoms with Crippen molar-refractivity contribution in [2.75, 3.05) is 0 Å².